The SMILES string of the molecule is COc1ccc(CN=C(NCc2nnc(C)n2C)NCC2CC(=O)Nc3ccccc32)cc1.I. The number of para-hydroxylation sites is 1. The summed E-state index contributed by atoms with van der Waals surface area (Å²) in [7, 11) is 3.59. The predicted octanol–water partition coefficient (Wildman–Crippen LogP) is 3.11. The third-order valence-electron chi connectivity index (χ3n) is 5.80. The molecule has 1 amide bonds. The number of aliphatic imine (C=N–C) groups is 1. The molecule has 4 rings (SSSR count). The molecule has 2 aromatic carbocycles. The number of hydrogen-bond acceptors (Lipinski definition) is 5. The molecule has 0 aliphatic carbocycles. The van der Waals surface area contributed by atoms with Crippen LogP contribution in [-0.4, -0.2) is 40.3 Å². The molecule has 9 nitrogen and oxygen atoms in total. The summed E-state index contributed by atoms with van der Waals surface area (Å²) < 4.78 is 7.17. The lowest BCUT2D eigenvalue weighted by atomic mass is 9.90. The lowest BCUT2D eigenvalue weighted by molar-refractivity contribution is -0.116. The van der Waals surface area contributed by atoms with Crippen molar-refractivity contribution in [2.45, 2.75) is 32.4 Å². The number of aromatic nitrogens is 3. The van der Waals surface area contributed by atoms with Crippen molar-refractivity contribution in [1.82, 2.24) is 25.4 Å². The number of amides is 1. The molecule has 0 saturated carbocycles. The summed E-state index contributed by atoms with van der Waals surface area (Å²) in [5.41, 5.74) is 3.07. The zero-order valence-corrected chi connectivity index (χ0v) is 21.9. The molecule has 1 aliphatic rings. The van der Waals surface area contributed by atoms with Crippen LogP contribution >= 0.6 is 24.0 Å². The molecular formula is C24H30IN7O2. The van der Waals surface area contributed by atoms with E-state index in [-0.39, 0.29) is 35.8 Å². The van der Waals surface area contributed by atoms with Crippen LogP contribution in [0.4, 0.5) is 5.69 Å². The van der Waals surface area contributed by atoms with Crippen LogP contribution in [0.25, 0.3) is 0 Å². The van der Waals surface area contributed by atoms with E-state index < -0.39 is 0 Å². The number of carbonyl (C=O) groups is 1. The number of benzene rings is 2. The zero-order chi connectivity index (χ0) is 23.2. The van der Waals surface area contributed by atoms with Crippen LogP contribution in [0.15, 0.2) is 53.5 Å². The number of methoxy groups -OCH3 is 1. The van der Waals surface area contributed by atoms with E-state index in [0.717, 1.165) is 34.2 Å². The Balaban J connectivity index is 0.00000324. The summed E-state index contributed by atoms with van der Waals surface area (Å²) in [4.78, 5) is 16.9. The summed E-state index contributed by atoms with van der Waals surface area (Å²) in [6, 6.07) is 15.8. The Morgan fingerprint density at radius 3 is 2.65 bits per heavy atom. The molecule has 180 valence electrons. The molecule has 1 aromatic heterocycles. The second kappa shape index (κ2) is 11.8. The number of hydrogen-bond donors (Lipinski definition) is 3. The molecule has 0 bridgehead atoms. The minimum Gasteiger partial charge on any atom is -0.497 e. The number of guanidine groups is 1. The first-order chi connectivity index (χ1) is 16.0. The average Bonchev–Trinajstić information content (AvgIpc) is 3.16. The Hall–Kier alpha value is -3.15. The Morgan fingerprint density at radius 2 is 1.94 bits per heavy atom. The minimum absolute atomic E-state index is 0. The number of ether oxygens (including phenoxy) is 1. The minimum atomic E-state index is 0. The topological polar surface area (TPSA) is 105 Å². The van der Waals surface area contributed by atoms with Gasteiger partial charge in [0.15, 0.2) is 11.8 Å². The maximum Gasteiger partial charge on any atom is 0.225 e. The van der Waals surface area contributed by atoms with Crippen molar-refractivity contribution < 1.29 is 9.53 Å². The highest BCUT2D eigenvalue weighted by Gasteiger charge is 2.24. The third-order valence-corrected chi connectivity index (χ3v) is 5.80. The van der Waals surface area contributed by atoms with Gasteiger partial charge in [-0.1, -0.05) is 30.3 Å². The first-order valence-corrected chi connectivity index (χ1v) is 10.9. The van der Waals surface area contributed by atoms with Crippen molar-refractivity contribution in [2.75, 3.05) is 19.0 Å². The van der Waals surface area contributed by atoms with Crippen LogP contribution in [0.1, 0.15) is 35.1 Å². The van der Waals surface area contributed by atoms with Gasteiger partial charge in [0, 0.05) is 31.6 Å². The van der Waals surface area contributed by atoms with Crippen molar-refractivity contribution in [2.24, 2.45) is 12.0 Å². The number of fused-ring (bicyclic) bond motifs is 1. The molecule has 2 heterocycles. The summed E-state index contributed by atoms with van der Waals surface area (Å²) in [6.07, 6.45) is 0.429. The highest BCUT2D eigenvalue weighted by atomic mass is 127. The lowest BCUT2D eigenvalue weighted by Crippen LogP contribution is -2.41. The highest BCUT2D eigenvalue weighted by molar-refractivity contribution is 14.0. The van der Waals surface area contributed by atoms with Gasteiger partial charge < -0.3 is 25.3 Å². The third kappa shape index (κ3) is 6.25. The normalized spacial score (nSPS) is 15.1. The Bertz CT molecular complexity index is 1140. The average molecular weight is 575 g/mol. The fourth-order valence-electron chi connectivity index (χ4n) is 3.75. The van der Waals surface area contributed by atoms with Gasteiger partial charge in [-0.05, 0) is 36.2 Å². The Morgan fingerprint density at radius 1 is 1.18 bits per heavy atom. The molecule has 1 aliphatic heterocycles. The summed E-state index contributed by atoms with van der Waals surface area (Å²) in [5.74, 6) is 3.20. The van der Waals surface area contributed by atoms with E-state index in [2.05, 4.69) is 32.2 Å². The van der Waals surface area contributed by atoms with Gasteiger partial charge in [0.05, 0.1) is 20.2 Å². The maximum atomic E-state index is 12.2. The standard InChI is InChI=1S/C24H29N7O2.HI/c1-16-29-30-22(31(16)2)15-27-24(25-13-17-8-10-19(33-3)11-9-17)26-14-18-12-23(32)28-21-7-5-4-6-20(18)21;/h4-11,18H,12-15H2,1-3H3,(H,28,32)(H2,25,26,27);1H. The second-order valence-electron chi connectivity index (χ2n) is 8.01. The van der Waals surface area contributed by atoms with Crippen molar-refractivity contribution in [3.8, 4) is 5.75 Å². The van der Waals surface area contributed by atoms with Crippen LogP contribution in [0.3, 0.4) is 0 Å². The molecule has 3 aromatic rings. The second-order valence-corrected chi connectivity index (χ2v) is 8.01. The van der Waals surface area contributed by atoms with Crippen molar-refractivity contribution in [1.29, 1.82) is 0 Å². The molecular weight excluding hydrogens is 545 g/mol. The van der Waals surface area contributed by atoms with E-state index in [1.54, 1.807) is 7.11 Å². The Labute approximate surface area is 216 Å². The predicted molar refractivity (Wildman–Crippen MR) is 143 cm³/mol. The van der Waals surface area contributed by atoms with Gasteiger partial charge in [-0.25, -0.2) is 4.99 Å². The fourth-order valence-corrected chi connectivity index (χ4v) is 3.75. The van der Waals surface area contributed by atoms with Crippen molar-refractivity contribution in [3.05, 3.63) is 71.3 Å². The number of halogens is 1. The van der Waals surface area contributed by atoms with Gasteiger partial charge in [-0.2, -0.15) is 0 Å². The molecule has 3 N–H and O–H groups in total. The summed E-state index contributed by atoms with van der Waals surface area (Å²) in [5, 5.41) is 18.0. The van der Waals surface area contributed by atoms with Gasteiger partial charge >= 0.3 is 0 Å². The maximum absolute atomic E-state index is 12.2. The number of nitrogens with one attached hydrogen (secondary N) is 3. The van der Waals surface area contributed by atoms with E-state index in [1.165, 1.54) is 0 Å². The van der Waals surface area contributed by atoms with Gasteiger partial charge in [0.25, 0.3) is 0 Å². The number of aryl methyl sites for hydroxylation is 1. The molecule has 1 atom stereocenters. The molecule has 0 spiro atoms. The number of rotatable bonds is 7. The van der Waals surface area contributed by atoms with Gasteiger partial charge in [0.1, 0.15) is 11.6 Å². The quantitative estimate of drug-likeness (QED) is 0.227. The molecule has 1 unspecified atom stereocenters. The van der Waals surface area contributed by atoms with Gasteiger partial charge in [-0.3, -0.25) is 4.79 Å². The molecule has 34 heavy (non-hydrogen) atoms. The van der Waals surface area contributed by atoms with Crippen molar-refractivity contribution in [3.63, 3.8) is 0 Å². The summed E-state index contributed by atoms with van der Waals surface area (Å²) in [6.45, 7) is 3.47. The molecule has 0 saturated heterocycles. The van der Waals surface area contributed by atoms with Crippen LogP contribution in [0, 0.1) is 6.92 Å². The smallest absolute Gasteiger partial charge is 0.225 e. The van der Waals surface area contributed by atoms with Crippen LogP contribution in [-0.2, 0) is 24.9 Å². The monoisotopic (exact) mass is 575 g/mol. The number of anilines is 1. The fraction of sp³-hybridized carbons (Fsp3) is 0.333. The summed E-state index contributed by atoms with van der Waals surface area (Å²) >= 11 is 0. The van der Waals surface area contributed by atoms with Crippen LogP contribution < -0.4 is 20.7 Å². The van der Waals surface area contributed by atoms with E-state index in [0.29, 0.717) is 32.0 Å². The first kappa shape index (κ1) is 25.5. The van der Waals surface area contributed by atoms with E-state index in [9.17, 15) is 4.79 Å². The lowest BCUT2D eigenvalue weighted by Gasteiger charge is -2.26. The molecule has 0 radical (unpaired) electrons. The van der Waals surface area contributed by atoms with Crippen molar-refractivity contribution >= 4 is 41.5 Å². The van der Waals surface area contributed by atoms with Gasteiger partial charge in [0.2, 0.25) is 5.91 Å². The van der Waals surface area contributed by atoms with E-state index in [4.69, 9.17) is 9.73 Å². The van der Waals surface area contributed by atoms with Crippen LogP contribution in [0.5, 0.6) is 5.75 Å². The van der Waals surface area contributed by atoms with E-state index in [1.807, 2.05) is 61.0 Å². The Kier molecular flexibility index (Phi) is 8.85. The number of carbonyl (C=O) groups excluding carboxylic acids is 1. The highest BCUT2D eigenvalue weighted by Crippen LogP contribution is 2.31. The molecule has 0 fully saturated rings. The molecule has 10 heteroatoms. The van der Waals surface area contributed by atoms with E-state index >= 15 is 0 Å². The van der Waals surface area contributed by atoms with Gasteiger partial charge in [-0.15, -0.1) is 34.2 Å². The first-order valence-electron chi connectivity index (χ1n) is 10.9. The largest absolute Gasteiger partial charge is 0.497 e. The zero-order valence-electron chi connectivity index (χ0n) is 19.5. The number of nitrogens with zero attached hydrogens (tertiary/aromatic N) is 4. The van der Waals surface area contributed by atoms with Crippen LogP contribution in [0.2, 0.25) is 0 Å².